The Morgan fingerprint density at radius 1 is 1.22 bits per heavy atom. The van der Waals surface area contributed by atoms with Gasteiger partial charge in [0.25, 0.3) is 0 Å². The van der Waals surface area contributed by atoms with Crippen LogP contribution in [0.3, 0.4) is 0 Å². The second-order valence-electron chi connectivity index (χ2n) is 4.04. The number of hydrogen-bond acceptors (Lipinski definition) is 4. The van der Waals surface area contributed by atoms with E-state index in [0.29, 0.717) is 6.61 Å². The summed E-state index contributed by atoms with van der Waals surface area (Å²) in [6.45, 7) is 6.40. The van der Waals surface area contributed by atoms with Crippen molar-refractivity contribution >= 4 is 11.3 Å². The molecular formula is C14H18N2OS. The molecule has 18 heavy (non-hydrogen) atoms. The molecule has 0 aliphatic heterocycles. The number of rotatable bonds is 6. The van der Waals surface area contributed by atoms with Crippen LogP contribution >= 0.6 is 11.3 Å². The molecule has 4 heteroatoms. The number of aromatic nitrogens is 1. The average molecular weight is 262 g/mol. The molecule has 96 valence electrons. The summed E-state index contributed by atoms with van der Waals surface area (Å²) in [7, 11) is 0. The van der Waals surface area contributed by atoms with Crippen molar-refractivity contribution in [2.24, 2.45) is 0 Å². The van der Waals surface area contributed by atoms with Crippen LogP contribution in [0.1, 0.15) is 23.2 Å². The molecular weight excluding hydrogens is 244 g/mol. The minimum Gasteiger partial charge on any atom is -0.494 e. The van der Waals surface area contributed by atoms with Crippen LogP contribution in [0.15, 0.2) is 29.6 Å². The second kappa shape index (κ2) is 6.52. The van der Waals surface area contributed by atoms with Gasteiger partial charge in [0, 0.05) is 18.5 Å². The van der Waals surface area contributed by atoms with E-state index >= 15 is 0 Å². The lowest BCUT2D eigenvalue weighted by Gasteiger charge is -2.05. The first-order chi connectivity index (χ1) is 8.78. The largest absolute Gasteiger partial charge is 0.494 e. The summed E-state index contributed by atoms with van der Waals surface area (Å²) in [5, 5.41) is 6.60. The summed E-state index contributed by atoms with van der Waals surface area (Å²) in [6, 6.07) is 8.19. The molecule has 3 nitrogen and oxygen atoms in total. The van der Waals surface area contributed by atoms with Crippen molar-refractivity contribution in [1.29, 1.82) is 0 Å². The van der Waals surface area contributed by atoms with E-state index < -0.39 is 0 Å². The molecule has 1 aromatic carbocycles. The number of nitrogens with one attached hydrogen (secondary N) is 1. The van der Waals surface area contributed by atoms with Crippen molar-refractivity contribution in [3.05, 3.63) is 45.9 Å². The monoisotopic (exact) mass is 262 g/mol. The maximum absolute atomic E-state index is 5.41. The van der Waals surface area contributed by atoms with Crippen LogP contribution in [-0.2, 0) is 13.1 Å². The van der Waals surface area contributed by atoms with Gasteiger partial charge in [-0.3, -0.25) is 0 Å². The van der Waals surface area contributed by atoms with Crippen molar-refractivity contribution in [3.63, 3.8) is 0 Å². The highest BCUT2D eigenvalue weighted by Crippen LogP contribution is 2.12. The summed E-state index contributed by atoms with van der Waals surface area (Å²) in [5.41, 5.74) is 2.37. The van der Waals surface area contributed by atoms with E-state index in [1.165, 1.54) is 5.56 Å². The highest BCUT2D eigenvalue weighted by Gasteiger charge is 1.98. The van der Waals surface area contributed by atoms with E-state index in [9.17, 15) is 0 Å². The molecule has 0 fully saturated rings. The molecule has 1 aromatic heterocycles. The van der Waals surface area contributed by atoms with Crippen molar-refractivity contribution in [1.82, 2.24) is 10.3 Å². The number of thiazole rings is 1. The fourth-order valence-corrected chi connectivity index (χ4v) is 2.31. The highest BCUT2D eigenvalue weighted by atomic mass is 32.1. The molecule has 1 N–H and O–H groups in total. The third-order valence-corrected chi connectivity index (χ3v) is 3.36. The average Bonchev–Trinajstić information content (AvgIpc) is 2.78. The predicted octanol–water partition coefficient (Wildman–Crippen LogP) is 3.14. The van der Waals surface area contributed by atoms with Gasteiger partial charge in [0.15, 0.2) is 0 Å². The summed E-state index contributed by atoms with van der Waals surface area (Å²) >= 11 is 1.69. The molecule has 0 saturated carbocycles. The van der Waals surface area contributed by atoms with Gasteiger partial charge < -0.3 is 10.1 Å². The Balaban J connectivity index is 1.79. The zero-order valence-corrected chi connectivity index (χ0v) is 11.6. The molecule has 0 radical (unpaired) electrons. The predicted molar refractivity (Wildman–Crippen MR) is 75.0 cm³/mol. The first-order valence-corrected chi connectivity index (χ1v) is 6.99. The first kappa shape index (κ1) is 13.1. The van der Waals surface area contributed by atoms with Crippen LogP contribution in [0.5, 0.6) is 5.75 Å². The Kier molecular flexibility index (Phi) is 4.73. The third-order valence-electron chi connectivity index (χ3n) is 2.54. The lowest BCUT2D eigenvalue weighted by Crippen LogP contribution is -2.12. The Morgan fingerprint density at radius 3 is 2.61 bits per heavy atom. The number of benzene rings is 1. The second-order valence-corrected chi connectivity index (χ2v) is 5.10. The lowest BCUT2D eigenvalue weighted by molar-refractivity contribution is 0.340. The van der Waals surface area contributed by atoms with E-state index in [-0.39, 0.29) is 0 Å². The number of nitrogens with zero attached hydrogens (tertiary/aromatic N) is 1. The van der Waals surface area contributed by atoms with Gasteiger partial charge in [0.1, 0.15) is 5.75 Å². The Labute approximate surface area is 112 Å². The van der Waals surface area contributed by atoms with Gasteiger partial charge in [-0.1, -0.05) is 12.1 Å². The van der Waals surface area contributed by atoms with E-state index in [1.807, 2.05) is 26.0 Å². The van der Waals surface area contributed by atoms with Gasteiger partial charge in [-0.25, -0.2) is 4.98 Å². The number of hydrogen-bond donors (Lipinski definition) is 1. The summed E-state index contributed by atoms with van der Waals surface area (Å²) in [5.74, 6) is 0.927. The minimum atomic E-state index is 0.709. The van der Waals surface area contributed by atoms with E-state index in [2.05, 4.69) is 27.8 Å². The number of ether oxygens (including phenoxy) is 1. The van der Waals surface area contributed by atoms with Gasteiger partial charge in [0.05, 0.1) is 17.3 Å². The fraction of sp³-hybridized carbons (Fsp3) is 0.357. The van der Waals surface area contributed by atoms with Gasteiger partial charge in [0.2, 0.25) is 0 Å². The fourth-order valence-electron chi connectivity index (χ4n) is 1.69. The van der Waals surface area contributed by atoms with Gasteiger partial charge in [-0.2, -0.15) is 0 Å². The molecule has 2 rings (SSSR count). The molecule has 1 heterocycles. The third kappa shape index (κ3) is 3.82. The highest BCUT2D eigenvalue weighted by molar-refractivity contribution is 7.09. The Morgan fingerprint density at radius 2 is 2.00 bits per heavy atom. The van der Waals surface area contributed by atoms with Crippen LogP contribution in [0.4, 0.5) is 0 Å². The molecule has 0 atom stereocenters. The van der Waals surface area contributed by atoms with Gasteiger partial charge in [-0.05, 0) is 31.5 Å². The topological polar surface area (TPSA) is 34.1 Å². The zero-order chi connectivity index (χ0) is 12.8. The maximum Gasteiger partial charge on any atom is 0.119 e. The van der Waals surface area contributed by atoms with Gasteiger partial charge in [-0.15, -0.1) is 11.3 Å². The van der Waals surface area contributed by atoms with Gasteiger partial charge >= 0.3 is 0 Å². The Bertz CT molecular complexity index is 479. The maximum atomic E-state index is 5.41. The van der Waals surface area contributed by atoms with E-state index in [4.69, 9.17) is 4.74 Å². The zero-order valence-electron chi connectivity index (χ0n) is 10.8. The molecule has 2 aromatic rings. The summed E-state index contributed by atoms with van der Waals surface area (Å²) < 4.78 is 5.41. The molecule has 0 aliphatic rings. The van der Waals surface area contributed by atoms with Crippen molar-refractivity contribution in [2.75, 3.05) is 6.61 Å². The molecule has 0 amide bonds. The van der Waals surface area contributed by atoms with Crippen molar-refractivity contribution in [2.45, 2.75) is 26.9 Å². The summed E-state index contributed by atoms with van der Waals surface area (Å²) in [6.07, 6.45) is 0. The van der Waals surface area contributed by atoms with E-state index in [1.54, 1.807) is 11.3 Å². The van der Waals surface area contributed by atoms with Crippen LogP contribution in [0.25, 0.3) is 0 Å². The quantitative estimate of drug-likeness (QED) is 0.868. The normalized spacial score (nSPS) is 10.6. The van der Waals surface area contributed by atoms with Crippen LogP contribution in [0.2, 0.25) is 0 Å². The molecule has 0 aliphatic carbocycles. The summed E-state index contributed by atoms with van der Waals surface area (Å²) in [4.78, 5) is 4.42. The van der Waals surface area contributed by atoms with Crippen LogP contribution in [0, 0.1) is 6.92 Å². The lowest BCUT2D eigenvalue weighted by atomic mass is 10.2. The SMILES string of the molecule is CCOc1ccc(CNCc2csc(C)n2)cc1. The molecule has 0 bridgehead atoms. The first-order valence-electron chi connectivity index (χ1n) is 6.11. The molecule has 0 unspecified atom stereocenters. The molecule has 0 spiro atoms. The van der Waals surface area contributed by atoms with Crippen LogP contribution < -0.4 is 10.1 Å². The standard InChI is InChI=1S/C14H18N2OS/c1-3-17-14-6-4-12(5-7-14)8-15-9-13-10-18-11(2)16-13/h4-7,10,15H,3,8-9H2,1-2H3. The van der Waals surface area contributed by atoms with E-state index in [0.717, 1.165) is 29.5 Å². The Hall–Kier alpha value is -1.39. The minimum absolute atomic E-state index is 0.709. The van der Waals surface area contributed by atoms with Crippen molar-refractivity contribution < 1.29 is 4.74 Å². The number of aryl methyl sites for hydroxylation is 1. The smallest absolute Gasteiger partial charge is 0.119 e. The van der Waals surface area contributed by atoms with Crippen molar-refractivity contribution in [3.8, 4) is 5.75 Å². The molecule has 0 saturated heterocycles. The van der Waals surface area contributed by atoms with Crippen LogP contribution in [-0.4, -0.2) is 11.6 Å².